The van der Waals surface area contributed by atoms with Gasteiger partial charge in [-0.05, 0) is 29.8 Å². The lowest BCUT2D eigenvalue weighted by Crippen LogP contribution is -2.19. The van der Waals surface area contributed by atoms with E-state index in [1.807, 2.05) is 48.5 Å². The Morgan fingerprint density at radius 1 is 1.22 bits per heavy atom. The Labute approximate surface area is 164 Å². The fraction of sp³-hybridized carbons (Fsp3) is 0.111. The molecule has 0 bridgehead atoms. The van der Waals surface area contributed by atoms with E-state index in [-0.39, 0.29) is 12.3 Å². The van der Waals surface area contributed by atoms with Crippen LogP contribution < -0.4 is 15.9 Å². The zero-order valence-corrected chi connectivity index (χ0v) is 15.7. The highest BCUT2D eigenvalue weighted by molar-refractivity contribution is 7.15. The minimum absolute atomic E-state index is 0.0704. The van der Waals surface area contributed by atoms with Crippen molar-refractivity contribution in [1.82, 2.24) is 15.6 Å². The molecule has 3 N–H and O–H groups in total. The molecular formula is C18H16ClN5O2S. The minimum Gasteiger partial charge on any atom is -0.488 e. The smallest absolute Gasteiger partial charge is 0.247 e. The Morgan fingerprint density at radius 3 is 2.74 bits per heavy atom. The van der Waals surface area contributed by atoms with Gasteiger partial charge < -0.3 is 10.5 Å². The first kappa shape index (κ1) is 18.8. The number of carbonyl (C=O) groups excluding carboxylic acids is 1. The van der Waals surface area contributed by atoms with Crippen molar-refractivity contribution >= 4 is 40.2 Å². The van der Waals surface area contributed by atoms with Crippen LogP contribution in [0.3, 0.4) is 0 Å². The molecular weight excluding hydrogens is 386 g/mol. The summed E-state index contributed by atoms with van der Waals surface area (Å²) in [7, 11) is 0. The van der Waals surface area contributed by atoms with Gasteiger partial charge in [0.1, 0.15) is 17.4 Å². The van der Waals surface area contributed by atoms with Crippen LogP contribution in [0.1, 0.15) is 16.1 Å². The lowest BCUT2D eigenvalue weighted by Gasteiger charge is -2.09. The molecule has 27 heavy (non-hydrogen) atoms. The van der Waals surface area contributed by atoms with Crippen molar-refractivity contribution in [1.29, 1.82) is 0 Å². The summed E-state index contributed by atoms with van der Waals surface area (Å²) in [5.41, 5.74) is 9.68. The van der Waals surface area contributed by atoms with Gasteiger partial charge in [0.2, 0.25) is 11.0 Å². The molecule has 0 fully saturated rings. The first-order chi connectivity index (χ1) is 13.1. The van der Waals surface area contributed by atoms with Crippen molar-refractivity contribution in [2.45, 2.75) is 13.0 Å². The van der Waals surface area contributed by atoms with E-state index in [1.54, 1.807) is 0 Å². The number of benzene rings is 2. The molecule has 3 aromatic rings. The third kappa shape index (κ3) is 5.77. The molecule has 0 saturated carbocycles. The standard InChI is InChI=1S/C18H16ClN5O2S/c19-14-7-5-12(6-8-14)11-26-15-4-2-1-3-13(15)10-21-22-16(25)9-17-23-24-18(20)27-17/h1-8,10H,9,11H2,(H2,20,24)(H,22,25)/b21-10-. The van der Waals surface area contributed by atoms with Gasteiger partial charge in [-0.25, -0.2) is 5.43 Å². The largest absolute Gasteiger partial charge is 0.488 e. The number of hydrazone groups is 1. The van der Waals surface area contributed by atoms with Gasteiger partial charge in [0.05, 0.1) is 12.6 Å². The predicted molar refractivity (Wildman–Crippen MR) is 106 cm³/mol. The molecule has 0 aliphatic rings. The van der Waals surface area contributed by atoms with Gasteiger partial charge in [0, 0.05) is 10.6 Å². The number of nitrogens with zero attached hydrogens (tertiary/aromatic N) is 3. The maximum atomic E-state index is 11.9. The van der Waals surface area contributed by atoms with Crippen molar-refractivity contribution in [3.8, 4) is 5.75 Å². The number of amides is 1. The number of para-hydroxylation sites is 1. The molecule has 0 atom stereocenters. The summed E-state index contributed by atoms with van der Waals surface area (Å²) in [6, 6.07) is 14.8. The number of ether oxygens (including phenoxy) is 1. The first-order valence-electron chi connectivity index (χ1n) is 7.96. The number of anilines is 1. The van der Waals surface area contributed by atoms with Crippen LogP contribution in [0.25, 0.3) is 0 Å². The number of halogens is 1. The van der Waals surface area contributed by atoms with E-state index in [0.29, 0.717) is 27.5 Å². The molecule has 0 spiro atoms. The average Bonchev–Trinajstić information content (AvgIpc) is 3.07. The van der Waals surface area contributed by atoms with E-state index >= 15 is 0 Å². The van der Waals surface area contributed by atoms with E-state index in [4.69, 9.17) is 22.1 Å². The topological polar surface area (TPSA) is 102 Å². The first-order valence-corrected chi connectivity index (χ1v) is 9.15. The van der Waals surface area contributed by atoms with E-state index in [1.165, 1.54) is 17.6 Å². The summed E-state index contributed by atoms with van der Waals surface area (Å²) in [6.45, 7) is 0.396. The zero-order chi connectivity index (χ0) is 19.1. The highest BCUT2D eigenvalue weighted by Crippen LogP contribution is 2.18. The highest BCUT2D eigenvalue weighted by Gasteiger charge is 2.07. The number of nitrogen functional groups attached to an aromatic ring is 1. The van der Waals surface area contributed by atoms with Gasteiger partial charge >= 0.3 is 0 Å². The summed E-state index contributed by atoms with van der Waals surface area (Å²) < 4.78 is 5.84. The number of nitrogens with one attached hydrogen (secondary N) is 1. The van der Waals surface area contributed by atoms with E-state index in [0.717, 1.165) is 11.1 Å². The van der Waals surface area contributed by atoms with Gasteiger partial charge in [-0.1, -0.05) is 47.2 Å². The number of rotatable bonds is 7. The van der Waals surface area contributed by atoms with E-state index < -0.39 is 0 Å². The van der Waals surface area contributed by atoms with E-state index in [9.17, 15) is 4.79 Å². The monoisotopic (exact) mass is 401 g/mol. The molecule has 2 aromatic carbocycles. The third-order valence-electron chi connectivity index (χ3n) is 3.41. The van der Waals surface area contributed by atoms with Gasteiger partial charge in [0.15, 0.2) is 0 Å². The van der Waals surface area contributed by atoms with Crippen LogP contribution in [0.15, 0.2) is 53.6 Å². The van der Waals surface area contributed by atoms with Crippen LogP contribution in [-0.2, 0) is 17.8 Å². The van der Waals surface area contributed by atoms with Gasteiger partial charge in [0.25, 0.3) is 0 Å². The molecule has 0 aliphatic carbocycles. The predicted octanol–water partition coefficient (Wildman–Crippen LogP) is 3.05. The molecule has 1 amide bonds. The van der Waals surface area contributed by atoms with Gasteiger partial charge in [-0.15, -0.1) is 10.2 Å². The highest BCUT2D eigenvalue weighted by atomic mass is 35.5. The van der Waals surface area contributed by atoms with Crippen molar-refractivity contribution in [3.63, 3.8) is 0 Å². The second kappa shape index (κ2) is 9.11. The van der Waals surface area contributed by atoms with Crippen LogP contribution >= 0.6 is 22.9 Å². The SMILES string of the molecule is Nc1nnc(CC(=O)N/N=C\c2ccccc2OCc2ccc(Cl)cc2)s1. The fourth-order valence-corrected chi connectivity index (χ4v) is 2.88. The van der Waals surface area contributed by atoms with Crippen LogP contribution in [0.2, 0.25) is 5.02 Å². The molecule has 1 heterocycles. The fourth-order valence-electron chi connectivity index (χ4n) is 2.15. The molecule has 0 unspecified atom stereocenters. The number of nitrogens with two attached hydrogens (primary N) is 1. The Hall–Kier alpha value is -2.97. The number of aromatic nitrogens is 2. The van der Waals surface area contributed by atoms with Gasteiger partial charge in [-0.3, -0.25) is 4.79 Å². The van der Waals surface area contributed by atoms with Crippen molar-refractivity contribution in [3.05, 3.63) is 69.7 Å². The number of hydrogen-bond acceptors (Lipinski definition) is 7. The summed E-state index contributed by atoms with van der Waals surface area (Å²) >= 11 is 7.05. The Kier molecular flexibility index (Phi) is 6.35. The second-order valence-corrected chi connectivity index (χ2v) is 6.99. The van der Waals surface area contributed by atoms with Crippen molar-refractivity contribution < 1.29 is 9.53 Å². The van der Waals surface area contributed by atoms with Gasteiger partial charge in [-0.2, -0.15) is 5.10 Å². The number of hydrogen-bond donors (Lipinski definition) is 2. The van der Waals surface area contributed by atoms with E-state index in [2.05, 4.69) is 20.7 Å². The summed E-state index contributed by atoms with van der Waals surface area (Å²) in [4.78, 5) is 11.9. The summed E-state index contributed by atoms with van der Waals surface area (Å²) in [5, 5.41) is 13.0. The molecule has 3 rings (SSSR count). The maximum Gasteiger partial charge on any atom is 0.247 e. The Balaban J connectivity index is 1.57. The molecule has 138 valence electrons. The molecule has 1 aromatic heterocycles. The molecule has 0 radical (unpaired) electrons. The normalized spacial score (nSPS) is 10.9. The van der Waals surface area contributed by atoms with Crippen LogP contribution in [0, 0.1) is 0 Å². The summed E-state index contributed by atoms with van der Waals surface area (Å²) in [5.74, 6) is 0.351. The Bertz CT molecular complexity index is 943. The van der Waals surface area contributed by atoms with Crippen molar-refractivity contribution in [2.24, 2.45) is 5.10 Å². The summed E-state index contributed by atoms with van der Waals surface area (Å²) in [6.07, 6.45) is 1.60. The molecule has 9 heteroatoms. The zero-order valence-electron chi connectivity index (χ0n) is 14.1. The Morgan fingerprint density at radius 2 is 2.00 bits per heavy atom. The molecule has 7 nitrogen and oxygen atoms in total. The van der Waals surface area contributed by atoms with Crippen LogP contribution in [0.4, 0.5) is 5.13 Å². The maximum absolute atomic E-state index is 11.9. The second-order valence-electron chi connectivity index (χ2n) is 5.46. The quantitative estimate of drug-likeness (QED) is 0.468. The molecule has 0 aliphatic heterocycles. The van der Waals surface area contributed by atoms with Crippen molar-refractivity contribution in [2.75, 3.05) is 5.73 Å². The number of carbonyl (C=O) groups is 1. The lowest BCUT2D eigenvalue weighted by atomic mass is 10.2. The lowest BCUT2D eigenvalue weighted by molar-refractivity contribution is -0.120. The van der Waals surface area contributed by atoms with Crippen LogP contribution in [0.5, 0.6) is 5.75 Å². The minimum atomic E-state index is -0.304. The average molecular weight is 402 g/mol. The third-order valence-corrected chi connectivity index (χ3v) is 4.42. The van der Waals surface area contributed by atoms with Crippen LogP contribution in [-0.4, -0.2) is 22.3 Å². The molecule has 0 saturated heterocycles.